The zero-order valence-corrected chi connectivity index (χ0v) is 16.7. The number of rotatable bonds is 4. The van der Waals surface area contributed by atoms with E-state index in [4.69, 9.17) is 4.98 Å². The predicted octanol–water partition coefficient (Wildman–Crippen LogP) is 3.73. The molecule has 2 fully saturated rings. The third-order valence-electron chi connectivity index (χ3n) is 5.83. The number of aromatic nitrogens is 4. The minimum atomic E-state index is -0.0305. The van der Waals surface area contributed by atoms with Crippen molar-refractivity contribution in [1.29, 1.82) is 0 Å². The van der Waals surface area contributed by atoms with Gasteiger partial charge in [-0.15, -0.1) is 0 Å². The molecule has 1 aromatic carbocycles. The van der Waals surface area contributed by atoms with E-state index in [9.17, 15) is 4.79 Å². The fraction of sp³-hybridized carbons (Fsp3) is 0.391. The number of hydrogen-bond donors (Lipinski definition) is 0. The van der Waals surface area contributed by atoms with Crippen LogP contribution in [0.3, 0.4) is 0 Å². The van der Waals surface area contributed by atoms with Crippen LogP contribution in [-0.2, 0) is 0 Å². The lowest BCUT2D eigenvalue weighted by atomic mass is 10.0. The molecule has 29 heavy (non-hydrogen) atoms. The quantitative estimate of drug-likeness (QED) is 0.683. The first-order valence-corrected chi connectivity index (χ1v) is 10.4. The van der Waals surface area contributed by atoms with Crippen molar-refractivity contribution in [2.45, 2.75) is 44.6 Å². The van der Waals surface area contributed by atoms with Crippen LogP contribution in [0.15, 0.2) is 53.3 Å². The lowest BCUT2D eigenvalue weighted by molar-refractivity contribution is 0.353. The third-order valence-corrected chi connectivity index (χ3v) is 5.83. The van der Waals surface area contributed by atoms with E-state index in [1.165, 1.54) is 12.8 Å². The number of hydrogen-bond acceptors (Lipinski definition) is 5. The van der Waals surface area contributed by atoms with Crippen LogP contribution >= 0.6 is 0 Å². The van der Waals surface area contributed by atoms with Crippen LogP contribution in [-0.4, -0.2) is 32.8 Å². The number of piperidine rings is 1. The summed E-state index contributed by atoms with van der Waals surface area (Å²) in [6, 6.07) is 15.7. The summed E-state index contributed by atoms with van der Waals surface area (Å²) in [7, 11) is 0. The molecule has 0 amide bonds. The Labute approximate surface area is 170 Å². The molecule has 5 rings (SSSR count). The summed E-state index contributed by atoms with van der Waals surface area (Å²) in [6.07, 6.45) is 4.18. The summed E-state index contributed by atoms with van der Waals surface area (Å²) in [5.41, 5.74) is 2.88. The van der Waals surface area contributed by atoms with Gasteiger partial charge in [0.2, 0.25) is 0 Å². The monoisotopic (exact) mass is 387 g/mol. The molecule has 3 heterocycles. The fourth-order valence-electron chi connectivity index (χ4n) is 4.05. The lowest BCUT2D eigenvalue weighted by Crippen LogP contribution is -2.39. The molecule has 2 aromatic heterocycles. The average Bonchev–Trinajstić information content (AvgIpc) is 3.60. The van der Waals surface area contributed by atoms with E-state index in [1.54, 1.807) is 10.7 Å². The summed E-state index contributed by atoms with van der Waals surface area (Å²) >= 11 is 0. The summed E-state index contributed by atoms with van der Waals surface area (Å²) in [4.78, 5) is 24.2. The first-order chi connectivity index (χ1) is 14.2. The van der Waals surface area contributed by atoms with Crippen molar-refractivity contribution in [3.63, 3.8) is 0 Å². The van der Waals surface area contributed by atoms with Gasteiger partial charge in [0.1, 0.15) is 11.6 Å². The summed E-state index contributed by atoms with van der Waals surface area (Å²) in [6.45, 7) is 3.78. The molecule has 3 aromatic rings. The van der Waals surface area contributed by atoms with Crippen LogP contribution < -0.4 is 10.5 Å². The SMILES string of the molecule is Cc1cc(N2CCC(n3nc(-c4ccccc4)ccc3=O)CC2)nc(C2CC2)n1. The zero-order chi connectivity index (χ0) is 19.8. The maximum absolute atomic E-state index is 12.5. The number of aryl methyl sites for hydroxylation is 1. The third kappa shape index (κ3) is 3.79. The molecular weight excluding hydrogens is 362 g/mol. The zero-order valence-electron chi connectivity index (χ0n) is 16.7. The Morgan fingerprint density at radius 1 is 0.931 bits per heavy atom. The molecule has 1 aliphatic carbocycles. The molecule has 0 N–H and O–H groups in total. The smallest absolute Gasteiger partial charge is 0.267 e. The molecule has 0 bridgehead atoms. The van der Waals surface area contributed by atoms with Crippen molar-refractivity contribution < 1.29 is 0 Å². The van der Waals surface area contributed by atoms with E-state index in [1.807, 2.05) is 43.3 Å². The Kier molecular flexibility index (Phi) is 4.62. The van der Waals surface area contributed by atoms with Crippen LogP contribution in [0, 0.1) is 6.92 Å². The Balaban J connectivity index is 1.34. The van der Waals surface area contributed by atoms with Gasteiger partial charge in [-0.25, -0.2) is 14.6 Å². The first-order valence-electron chi connectivity index (χ1n) is 10.4. The maximum atomic E-state index is 12.5. The molecule has 0 radical (unpaired) electrons. The summed E-state index contributed by atoms with van der Waals surface area (Å²) in [5.74, 6) is 2.57. The molecule has 6 nitrogen and oxygen atoms in total. The number of nitrogens with zero attached hydrogens (tertiary/aromatic N) is 5. The van der Waals surface area contributed by atoms with Gasteiger partial charge in [-0.1, -0.05) is 30.3 Å². The summed E-state index contributed by atoms with van der Waals surface area (Å²) < 4.78 is 1.68. The molecule has 2 aliphatic rings. The van der Waals surface area contributed by atoms with Gasteiger partial charge in [0.15, 0.2) is 0 Å². The Hall–Kier alpha value is -3.02. The van der Waals surface area contributed by atoms with Crippen LogP contribution in [0.25, 0.3) is 11.3 Å². The van der Waals surface area contributed by atoms with E-state index >= 15 is 0 Å². The molecule has 0 unspecified atom stereocenters. The van der Waals surface area contributed by atoms with Crippen molar-refractivity contribution in [2.24, 2.45) is 0 Å². The normalized spacial score (nSPS) is 17.5. The second-order valence-electron chi connectivity index (χ2n) is 8.09. The van der Waals surface area contributed by atoms with Crippen molar-refractivity contribution in [3.8, 4) is 11.3 Å². The van der Waals surface area contributed by atoms with Gasteiger partial charge in [-0.3, -0.25) is 4.79 Å². The highest BCUT2D eigenvalue weighted by atomic mass is 16.1. The van der Waals surface area contributed by atoms with E-state index in [0.717, 1.165) is 54.5 Å². The Morgan fingerprint density at radius 3 is 2.41 bits per heavy atom. The van der Waals surface area contributed by atoms with Gasteiger partial charge in [0.05, 0.1) is 11.7 Å². The number of anilines is 1. The van der Waals surface area contributed by atoms with Crippen molar-refractivity contribution in [1.82, 2.24) is 19.7 Å². The van der Waals surface area contributed by atoms with Crippen LogP contribution in [0.4, 0.5) is 5.82 Å². The lowest BCUT2D eigenvalue weighted by Gasteiger charge is -2.33. The predicted molar refractivity (Wildman–Crippen MR) is 113 cm³/mol. The van der Waals surface area contributed by atoms with Gasteiger partial charge in [0.25, 0.3) is 5.56 Å². The van der Waals surface area contributed by atoms with E-state index < -0.39 is 0 Å². The van der Waals surface area contributed by atoms with Gasteiger partial charge in [0, 0.05) is 42.4 Å². The van der Waals surface area contributed by atoms with Gasteiger partial charge >= 0.3 is 0 Å². The minimum absolute atomic E-state index is 0.0305. The number of benzene rings is 1. The molecule has 148 valence electrons. The molecule has 1 saturated heterocycles. The molecule has 1 aliphatic heterocycles. The Morgan fingerprint density at radius 2 is 1.69 bits per heavy atom. The average molecular weight is 387 g/mol. The van der Waals surface area contributed by atoms with E-state index in [-0.39, 0.29) is 11.6 Å². The highest BCUT2D eigenvalue weighted by Gasteiger charge is 2.29. The molecule has 6 heteroatoms. The Bertz CT molecular complexity index is 1070. The molecule has 1 saturated carbocycles. The van der Waals surface area contributed by atoms with E-state index in [2.05, 4.69) is 21.0 Å². The second kappa shape index (κ2) is 7.43. The maximum Gasteiger partial charge on any atom is 0.267 e. The van der Waals surface area contributed by atoms with Crippen LogP contribution in [0.2, 0.25) is 0 Å². The minimum Gasteiger partial charge on any atom is -0.356 e. The standard InChI is InChI=1S/C23H25N5O/c1-16-15-21(25-23(24-16)18-7-8-18)27-13-11-19(12-14-27)28-22(29)10-9-20(26-28)17-5-3-2-4-6-17/h2-6,9-10,15,18-19H,7-8,11-14H2,1H3. The highest BCUT2D eigenvalue weighted by Crippen LogP contribution is 2.39. The molecular formula is C23H25N5O. The highest BCUT2D eigenvalue weighted by molar-refractivity contribution is 5.57. The van der Waals surface area contributed by atoms with Gasteiger partial charge < -0.3 is 4.90 Å². The summed E-state index contributed by atoms with van der Waals surface area (Å²) in [5, 5.41) is 4.68. The fourth-order valence-corrected chi connectivity index (χ4v) is 4.05. The van der Waals surface area contributed by atoms with Crippen molar-refractivity contribution >= 4 is 5.82 Å². The first kappa shape index (κ1) is 18.0. The van der Waals surface area contributed by atoms with E-state index in [0.29, 0.717) is 5.92 Å². The molecule has 0 spiro atoms. The second-order valence-corrected chi connectivity index (χ2v) is 8.09. The molecule has 0 atom stereocenters. The van der Waals surface area contributed by atoms with Crippen molar-refractivity contribution in [3.05, 3.63) is 70.4 Å². The van der Waals surface area contributed by atoms with Crippen LogP contribution in [0.1, 0.15) is 49.2 Å². The van der Waals surface area contributed by atoms with Crippen molar-refractivity contribution in [2.75, 3.05) is 18.0 Å². The van der Waals surface area contributed by atoms with Gasteiger partial charge in [-0.2, -0.15) is 5.10 Å². The largest absolute Gasteiger partial charge is 0.356 e. The van der Waals surface area contributed by atoms with Gasteiger partial charge in [-0.05, 0) is 38.7 Å². The van der Waals surface area contributed by atoms with Crippen LogP contribution in [0.5, 0.6) is 0 Å². The topological polar surface area (TPSA) is 63.9 Å².